The fraction of sp³-hybridized carbons (Fsp3) is 0.625. The molecular weight excluding hydrogens is 270 g/mol. The van der Waals surface area contributed by atoms with Crippen molar-refractivity contribution in [2.45, 2.75) is 56.8 Å². The summed E-state index contributed by atoms with van der Waals surface area (Å²) in [5, 5.41) is 0. The zero-order chi connectivity index (χ0) is 14.6. The maximum atomic E-state index is 12.1. The third kappa shape index (κ3) is 4.06. The molecular formula is C16H25NO2S. The van der Waals surface area contributed by atoms with Crippen LogP contribution in [0.3, 0.4) is 0 Å². The molecule has 3 nitrogen and oxygen atoms in total. The molecule has 1 aromatic carbocycles. The Morgan fingerprint density at radius 3 is 2.25 bits per heavy atom. The molecule has 0 aliphatic heterocycles. The highest BCUT2D eigenvalue weighted by atomic mass is 32.2. The number of hydrogen-bond acceptors (Lipinski definition) is 2. The Hall–Kier alpha value is -0.870. The minimum Gasteiger partial charge on any atom is -0.211 e. The van der Waals surface area contributed by atoms with Crippen molar-refractivity contribution in [2.24, 2.45) is 5.92 Å². The zero-order valence-corrected chi connectivity index (χ0v) is 13.2. The summed E-state index contributed by atoms with van der Waals surface area (Å²) < 4.78 is 26.9. The molecule has 0 atom stereocenters. The van der Waals surface area contributed by atoms with Gasteiger partial charge in [0.05, 0.1) is 4.90 Å². The number of nitrogens with one attached hydrogen (secondary N) is 1. The minimum atomic E-state index is -3.35. The highest BCUT2D eigenvalue weighted by Gasteiger charge is 2.18. The summed E-state index contributed by atoms with van der Waals surface area (Å²) in [5.41, 5.74) is 1.28. The quantitative estimate of drug-likeness (QED) is 0.901. The maximum absolute atomic E-state index is 12.1. The van der Waals surface area contributed by atoms with Crippen LogP contribution in [0.2, 0.25) is 0 Å². The standard InChI is InChI=1S/C16H25NO2S/c1-13(2)12-17-20(18,19)16-10-8-15(9-11-16)14-6-4-3-5-7-14/h8-11,13-14,17H,3-7,12H2,1-2H3. The number of sulfonamides is 1. The van der Waals surface area contributed by atoms with E-state index >= 15 is 0 Å². The molecule has 0 unspecified atom stereocenters. The molecule has 1 aliphatic carbocycles. The van der Waals surface area contributed by atoms with Gasteiger partial charge in [-0.3, -0.25) is 0 Å². The summed E-state index contributed by atoms with van der Waals surface area (Å²) in [4.78, 5) is 0.373. The van der Waals surface area contributed by atoms with E-state index in [4.69, 9.17) is 0 Å². The fourth-order valence-electron chi connectivity index (χ4n) is 2.71. The van der Waals surface area contributed by atoms with Crippen molar-refractivity contribution in [2.75, 3.05) is 6.54 Å². The SMILES string of the molecule is CC(C)CNS(=O)(=O)c1ccc(C2CCCCC2)cc1. The summed E-state index contributed by atoms with van der Waals surface area (Å²) >= 11 is 0. The van der Waals surface area contributed by atoms with Crippen LogP contribution >= 0.6 is 0 Å². The van der Waals surface area contributed by atoms with Crippen molar-refractivity contribution in [1.29, 1.82) is 0 Å². The van der Waals surface area contributed by atoms with Crippen molar-refractivity contribution >= 4 is 10.0 Å². The van der Waals surface area contributed by atoms with Crippen LogP contribution in [-0.4, -0.2) is 15.0 Å². The second-order valence-electron chi connectivity index (χ2n) is 6.15. The number of benzene rings is 1. The van der Waals surface area contributed by atoms with Gasteiger partial charge in [-0.05, 0) is 42.4 Å². The molecule has 1 saturated carbocycles. The highest BCUT2D eigenvalue weighted by molar-refractivity contribution is 7.89. The van der Waals surface area contributed by atoms with Crippen LogP contribution in [0.1, 0.15) is 57.4 Å². The predicted molar refractivity (Wildman–Crippen MR) is 82.3 cm³/mol. The van der Waals surface area contributed by atoms with E-state index in [-0.39, 0.29) is 0 Å². The minimum absolute atomic E-state index is 0.311. The lowest BCUT2D eigenvalue weighted by molar-refractivity contribution is 0.443. The van der Waals surface area contributed by atoms with Gasteiger partial charge in [-0.2, -0.15) is 0 Å². The summed E-state index contributed by atoms with van der Waals surface area (Å²) in [6.07, 6.45) is 6.39. The Balaban J connectivity index is 2.07. The van der Waals surface area contributed by atoms with Gasteiger partial charge in [-0.15, -0.1) is 0 Å². The van der Waals surface area contributed by atoms with Gasteiger partial charge in [0.2, 0.25) is 10.0 Å². The van der Waals surface area contributed by atoms with Crippen LogP contribution in [0.4, 0.5) is 0 Å². The molecule has 1 fully saturated rings. The number of hydrogen-bond donors (Lipinski definition) is 1. The van der Waals surface area contributed by atoms with Gasteiger partial charge >= 0.3 is 0 Å². The molecule has 0 radical (unpaired) electrons. The van der Waals surface area contributed by atoms with Gasteiger partial charge in [0.1, 0.15) is 0 Å². The molecule has 1 aromatic rings. The molecule has 4 heteroatoms. The van der Waals surface area contributed by atoms with Gasteiger partial charge in [0, 0.05) is 6.54 Å². The van der Waals surface area contributed by atoms with E-state index in [0.29, 0.717) is 23.3 Å². The van der Waals surface area contributed by atoms with Crippen molar-refractivity contribution < 1.29 is 8.42 Å². The van der Waals surface area contributed by atoms with Gasteiger partial charge in [0.15, 0.2) is 0 Å². The van der Waals surface area contributed by atoms with E-state index in [9.17, 15) is 8.42 Å². The van der Waals surface area contributed by atoms with Crippen LogP contribution < -0.4 is 4.72 Å². The smallest absolute Gasteiger partial charge is 0.211 e. The van der Waals surface area contributed by atoms with E-state index in [2.05, 4.69) is 4.72 Å². The van der Waals surface area contributed by atoms with Gasteiger partial charge in [-0.1, -0.05) is 45.2 Å². The first-order chi connectivity index (χ1) is 9.49. The van der Waals surface area contributed by atoms with Crippen LogP contribution in [0, 0.1) is 5.92 Å². The molecule has 1 aliphatic rings. The Bertz CT molecular complexity index is 514. The number of rotatable bonds is 5. The van der Waals surface area contributed by atoms with Crippen LogP contribution in [0.25, 0.3) is 0 Å². The van der Waals surface area contributed by atoms with Crippen LogP contribution in [0.15, 0.2) is 29.2 Å². The first kappa shape index (κ1) is 15.5. The van der Waals surface area contributed by atoms with E-state index < -0.39 is 10.0 Å². The maximum Gasteiger partial charge on any atom is 0.240 e. The van der Waals surface area contributed by atoms with Gasteiger partial charge < -0.3 is 0 Å². The zero-order valence-electron chi connectivity index (χ0n) is 12.4. The fourth-order valence-corrected chi connectivity index (χ4v) is 3.93. The molecule has 1 N–H and O–H groups in total. The first-order valence-corrected chi connectivity index (χ1v) is 9.07. The van der Waals surface area contributed by atoms with E-state index in [1.54, 1.807) is 12.1 Å². The second-order valence-corrected chi connectivity index (χ2v) is 7.92. The Morgan fingerprint density at radius 1 is 1.10 bits per heavy atom. The van der Waals surface area contributed by atoms with Gasteiger partial charge in [-0.25, -0.2) is 13.1 Å². The summed E-state index contributed by atoms with van der Waals surface area (Å²) in [5.74, 6) is 0.926. The molecule has 0 bridgehead atoms. The molecule has 0 amide bonds. The highest BCUT2D eigenvalue weighted by Crippen LogP contribution is 2.32. The first-order valence-electron chi connectivity index (χ1n) is 7.58. The predicted octanol–water partition coefficient (Wildman–Crippen LogP) is 3.67. The summed E-state index contributed by atoms with van der Waals surface area (Å²) in [6, 6.07) is 7.46. The van der Waals surface area contributed by atoms with Crippen molar-refractivity contribution in [3.63, 3.8) is 0 Å². The summed E-state index contributed by atoms with van der Waals surface area (Å²) in [7, 11) is -3.35. The lowest BCUT2D eigenvalue weighted by Crippen LogP contribution is -2.27. The lowest BCUT2D eigenvalue weighted by Gasteiger charge is -2.22. The van der Waals surface area contributed by atoms with E-state index in [1.807, 2.05) is 26.0 Å². The molecule has 0 aromatic heterocycles. The molecule has 0 heterocycles. The van der Waals surface area contributed by atoms with E-state index in [0.717, 1.165) is 0 Å². The third-order valence-corrected chi connectivity index (χ3v) is 5.39. The molecule has 20 heavy (non-hydrogen) atoms. The van der Waals surface area contributed by atoms with Crippen molar-refractivity contribution in [3.8, 4) is 0 Å². The Kier molecular flexibility index (Phi) is 5.22. The summed E-state index contributed by atoms with van der Waals surface area (Å²) in [6.45, 7) is 4.47. The third-order valence-electron chi connectivity index (χ3n) is 3.95. The average molecular weight is 295 g/mol. The van der Waals surface area contributed by atoms with Gasteiger partial charge in [0.25, 0.3) is 0 Å². The molecule has 0 saturated heterocycles. The Morgan fingerprint density at radius 2 is 1.70 bits per heavy atom. The van der Waals surface area contributed by atoms with Crippen LogP contribution in [-0.2, 0) is 10.0 Å². The normalized spacial score (nSPS) is 17.6. The average Bonchev–Trinajstić information content (AvgIpc) is 2.46. The van der Waals surface area contributed by atoms with Crippen molar-refractivity contribution in [1.82, 2.24) is 4.72 Å². The Labute approximate surface area is 122 Å². The second kappa shape index (κ2) is 6.72. The molecule has 112 valence electrons. The van der Waals surface area contributed by atoms with Crippen LogP contribution in [0.5, 0.6) is 0 Å². The largest absolute Gasteiger partial charge is 0.240 e. The topological polar surface area (TPSA) is 46.2 Å². The monoisotopic (exact) mass is 295 g/mol. The lowest BCUT2D eigenvalue weighted by atomic mass is 9.84. The van der Waals surface area contributed by atoms with Crippen molar-refractivity contribution in [3.05, 3.63) is 29.8 Å². The van der Waals surface area contributed by atoms with E-state index in [1.165, 1.54) is 37.7 Å². The molecule has 2 rings (SSSR count). The molecule has 0 spiro atoms.